The summed E-state index contributed by atoms with van der Waals surface area (Å²) in [4.78, 5) is 24.4. The lowest BCUT2D eigenvalue weighted by molar-refractivity contribution is -0.120. The smallest absolute Gasteiger partial charge is 0.278 e. The maximum Gasteiger partial charge on any atom is 0.329 e. The van der Waals surface area contributed by atoms with Gasteiger partial charge in [0, 0.05) is 17.4 Å². The number of halogens is 1. The van der Waals surface area contributed by atoms with Crippen LogP contribution in [0.15, 0.2) is 28.9 Å². The molecule has 0 unspecified atom stereocenters. The Hall–Kier alpha value is -1.89. The van der Waals surface area contributed by atoms with Crippen LogP contribution < -0.4 is 10.2 Å². The van der Waals surface area contributed by atoms with Crippen LogP contribution in [0.5, 0.6) is 0 Å². The van der Waals surface area contributed by atoms with Crippen molar-refractivity contribution >= 4 is 39.2 Å². The van der Waals surface area contributed by atoms with Gasteiger partial charge < -0.3 is 0 Å². The second kappa shape index (κ2) is 4.09. The van der Waals surface area contributed by atoms with Crippen LogP contribution in [-0.4, -0.2) is 28.1 Å². The van der Waals surface area contributed by atoms with Gasteiger partial charge in [-0.15, -0.1) is 0 Å². The van der Waals surface area contributed by atoms with Crippen LogP contribution in [0.2, 0.25) is 0 Å². The van der Waals surface area contributed by atoms with Crippen LogP contribution in [0.3, 0.4) is 0 Å². The van der Waals surface area contributed by atoms with Crippen molar-refractivity contribution in [3.63, 3.8) is 0 Å². The van der Waals surface area contributed by atoms with Crippen molar-refractivity contribution in [2.75, 3.05) is 11.4 Å². The summed E-state index contributed by atoms with van der Waals surface area (Å²) in [6, 6.07) is 5.08. The Balaban J connectivity index is 2.09. The Morgan fingerprint density at radius 3 is 2.89 bits per heavy atom. The number of carbonyl (C=O) groups excluding carboxylic acids is 2. The van der Waals surface area contributed by atoms with Gasteiger partial charge in [0.25, 0.3) is 0 Å². The first-order valence-electron chi connectivity index (χ1n) is 5.40. The Morgan fingerprint density at radius 2 is 2.11 bits per heavy atom. The average molecular weight is 309 g/mol. The van der Waals surface area contributed by atoms with Gasteiger partial charge in [0.15, 0.2) is 0 Å². The van der Waals surface area contributed by atoms with Crippen molar-refractivity contribution in [1.29, 1.82) is 0 Å². The van der Waals surface area contributed by atoms with Crippen LogP contribution in [0.1, 0.15) is 6.42 Å². The molecule has 1 N–H and O–H groups in total. The van der Waals surface area contributed by atoms with Gasteiger partial charge in [0.2, 0.25) is 5.91 Å². The van der Waals surface area contributed by atoms with E-state index in [9.17, 15) is 9.59 Å². The summed E-state index contributed by atoms with van der Waals surface area (Å²) in [5, 5.41) is 6.48. The fourth-order valence-electron chi connectivity index (χ4n) is 1.96. The van der Waals surface area contributed by atoms with Crippen molar-refractivity contribution in [2.45, 2.75) is 6.42 Å². The van der Waals surface area contributed by atoms with Gasteiger partial charge in [0.1, 0.15) is 5.82 Å². The molecule has 0 atom stereocenters. The van der Waals surface area contributed by atoms with Crippen molar-refractivity contribution in [1.82, 2.24) is 14.9 Å². The van der Waals surface area contributed by atoms with Crippen LogP contribution in [-0.2, 0) is 4.79 Å². The quantitative estimate of drug-likeness (QED) is 0.869. The minimum atomic E-state index is -0.412. The fraction of sp³-hybridized carbons (Fsp3) is 0.182. The molecular formula is C11H9BrN4O2. The molecule has 18 heavy (non-hydrogen) atoms. The molecule has 7 heteroatoms. The molecule has 3 amide bonds. The molecule has 1 aliphatic rings. The summed E-state index contributed by atoms with van der Waals surface area (Å²) in [6.07, 6.45) is 1.96. The number of rotatable bonds is 1. The summed E-state index contributed by atoms with van der Waals surface area (Å²) in [5.74, 6) is 0.397. The van der Waals surface area contributed by atoms with Crippen molar-refractivity contribution in [2.24, 2.45) is 0 Å². The van der Waals surface area contributed by atoms with E-state index in [1.807, 2.05) is 12.1 Å². The standard InChI is InChI=1S/C11H9BrN4O2/c12-7-1-2-10(16-8(7)3-5-13-16)15-6-4-9(17)14-11(15)18/h1-3,5H,4,6H2,(H,14,17,18). The maximum absolute atomic E-state index is 11.8. The van der Waals surface area contributed by atoms with Crippen LogP contribution >= 0.6 is 15.9 Å². The van der Waals surface area contributed by atoms with Crippen molar-refractivity contribution in [3.8, 4) is 0 Å². The Bertz CT molecular complexity index is 652. The molecule has 0 aromatic carbocycles. The lowest BCUT2D eigenvalue weighted by Crippen LogP contribution is -2.50. The summed E-state index contributed by atoms with van der Waals surface area (Å²) >= 11 is 3.42. The van der Waals surface area contributed by atoms with E-state index in [4.69, 9.17) is 0 Å². The van der Waals surface area contributed by atoms with Crippen LogP contribution in [0, 0.1) is 0 Å². The molecule has 0 bridgehead atoms. The minimum absolute atomic E-state index is 0.245. The molecule has 1 aliphatic heterocycles. The molecule has 92 valence electrons. The molecule has 2 aromatic rings. The molecular weight excluding hydrogens is 300 g/mol. The van der Waals surface area contributed by atoms with Crippen LogP contribution in [0.4, 0.5) is 10.6 Å². The topological polar surface area (TPSA) is 66.7 Å². The highest BCUT2D eigenvalue weighted by Crippen LogP contribution is 2.24. The van der Waals surface area contributed by atoms with Gasteiger partial charge in [-0.05, 0) is 34.1 Å². The van der Waals surface area contributed by atoms with Gasteiger partial charge in [-0.1, -0.05) is 0 Å². The third kappa shape index (κ3) is 1.67. The largest absolute Gasteiger partial charge is 0.329 e. The van der Waals surface area contributed by atoms with E-state index in [-0.39, 0.29) is 5.91 Å². The molecule has 3 rings (SSSR count). The monoisotopic (exact) mass is 308 g/mol. The molecule has 3 heterocycles. The Morgan fingerprint density at radius 1 is 1.28 bits per heavy atom. The second-order valence-electron chi connectivity index (χ2n) is 3.92. The van der Waals surface area contributed by atoms with E-state index >= 15 is 0 Å². The number of nitrogens with zero attached hydrogens (tertiary/aromatic N) is 3. The molecule has 2 aromatic heterocycles. The minimum Gasteiger partial charge on any atom is -0.278 e. The molecule has 0 radical (unpaired) electrons. The highest BCUT2D eigenvalue weighted by Gasteiger charge is 2.26. The molecule has 6 nitrogen and oxygen atoms in total. The van der Waals surface area contributed by atoms with Gasteiger partial charge in [-0.25, -0.2) is 9.31 Å². The lowest BCUT2D eigenvalue weighted by Gasteiger charge is -2.26. The third-order valence-corrected chi connectivity index (χ3v) is 3.48. The SMILES string of the molecule is O=C1CCN(c2ccc(Br)c3ccnn23)C(=O)N1. The number of fused-ring (bicyclic) bond motifs is 1. The number of imide groups is 1. The number of aromatic nitrogens is 2. The van der Waals surface area contributed by atoms with E-state index in [0.717, 1.165) is 9.99 Å². The molecule has 0 saturated carbocycles. The normalized spacial score (nSPS) is 16.2. The summed E-state index contributed by atoms with van der Waals surface area (Å²) in [5.41, 5.74) is 0.872. The highest BCUT2D eigenvalue weighted by atomic mass is 79.9. The third-order valence-electron chi connectivity index (χ3n) is 2.81. The predicted octanol–water partition coefficient (Wildman–Crippen LogP) is 1.54. The summed E-state index contributed by atoms with van der Waals surface area (Å²) in [6.45, 7) is 0.362. The van der Waals surface area contributed by atoms with E-state index in [0.29, 0.717) is 18.8 Å². The number of urea groups is 1. The number of pyridine rings is 1. The average Bonchev–Trinajstić information content (AvgIpc) is 2.81. The first-order valence-corrected chi connectivity index (χ1v) is 6.20. The Kier molecular flexibility index (Phi) is 2.55. The zero-order chi connectivity index (χ0) is 12.7. The lowest BCUT2D eigenvalue weighted by atomic mass is 10.3. The number of hydrogen-bond donors (Lipinski definition) is 1. The van der Waals surface area contributed by atoms with Gasteiger partial charge in [0.05, 0.1) is 11.7 Å². The summed E-state index contributed by atoms with van der Waals surface area (Å²) in [7, 11) is 0. The van der Waals surface area contributed by atoms with E-state index < -0.39 is 6.03 Å². The molecule has 0 spiro atoms. The van der Waals surface area contributed by atoms with E-state index in [1.54, 1.807) is 16.8 Å². The number of carbonyl (C=O) groups is 2. The zero-order valence-corrected chi connectivity index (χ0v) is 10.8. The zero-order valence-electron chi connectivity index (χ0n) is 9.26. The van der Waals surface area contributed by atoms with Crippen LogP contribution in [0.25, 0.3) is 5.52 Å². The van der Waals surface area contributed by atoms with Gasteiger partial charge in [-0.3, -0.25) is 15.0 Å². The first kappa shape index (κ1) is 11.2. The van der Waals surface area contributed by atoms with E-state index in [2.05, 4.69) is 26.3 Å². The fourth-order valence-corrected chi connectivity index (χ4v) is 2.39. The number of amides is 3. The highest BCUT2D eigenvalue weighted by molar-refractivity contribution is 9.10. The second-order valence-corrected chi connectivity index (χ2v) is 4.78. The molecule has 1 fully saturated rings. The number of nitrogens with one attached hydrogen (secondary N) is 1. The van der Waals surface area contributed by atoms with Gasteiger partial charge in [-0.2, -0.15) is 5.10 Å². The Labute approximate surface area is 111 Å². The summed E-state index contributed by atoms with van der Waals surface area (Å²) < 4.78 is 2.57. The number of hydrogen-bond acceptors (Lipinski definition) is 3. The predicted molar refractivity (Wildman–Crippen MR) is 68.4 cm³/mol. The number of anilines is 1. The van der Waals surface area contributed by atoms with Crippen molar-refractivity contribution in [3.05, 3.63) is 28.9 Å². The first-order chi connectivity index (χ1) is 8.66. The maximum atomic E-state index is 11.8. The molecule has 1 saturated heterocycles. The molecule has 0 aliphatic carbocycles. The van der Waals surface area contributed by atoms with Gasteiger partial charge >= 0.3 is 6.03 Å². The van der Waals surface area contributed by atoms with E-state index in [1.165, 1.54) is 4.90 Å². The van der Waals surface area contributed by atoms with Crippen molar-refractivity contribution < 1.29 is 9.59 Å².